The van der Waals surface area contributed by atoms with Crippen LogP contribution < -0.4 is 5.73 Å². The lowest BCUT2D eigenvalue weighted by Gasteiger charge is -2.30. The minimum absolute atomic E-state index is 0.494. The first-order valence-electron chi connectivity index (χ1n) is 6.76. The molecule has 2 aliphatic rings. The average Bonchev–Trinajstić information content (AvgIpc) is 2.65. The third-order valence-corrected chi connectivity index (χ3v) is 4.29. The first-order chi connectivity index (χ1) is 7.28. The molecule has 3 atom stereocenters. The van der Waals surface area contributed by atoms with Gasteiger partial charge in [0, 0.05) is 19.1 Å². The molecule has 1 saturated heterocycles. The van der Waals surface area contributed by atoms with E-state index in [0.29, 0.717) is 6.04 Å². The Balaban J connectivity index is 1.72. The maximum absolute atomic E-state index is 6.03. The SMILES string of the molecule is CCC1CCN(CC2CCCC(N)C2)C1. The van der Waals surface area contributed by atoms with Gasteiger partial charge >= 0.3 is 0 Å². The van der Waals surface area contributed by atoms with Gasteiger partial charge in [0.2, 0.25) is 0 Å². The van der Waals surface area contributed by atoms with E-state index in [2.05, 4.69) is 11.8 Å². The molecule has 2 nitrogen and oxygen atoms in total. The predicted molar refractivity (Wildman–Crippen MR) is 64.8 cm³/mol. The summed E-state index contributed by atoms with van der Waals surface area (Å²) in [4.78, 5) is 2.68. The Morgan fingerprint density at radius 2 is 2.07 bits per heavy atom. The zero-order valence-electron chi connectivity index (χ0n) is 10.1. The second kappa shape index (κ2) is 5.31. The Hall–Kier alpha value is -0.0800. The van der Waals surface area contributed by atoms with Crippen molar-refractivity contribution in [1.29, 1.82) is 0 Å². The molecule has 3 unspecified atom stereocenters. The smallest absolute Gasteiger partial charge is 0.00419 e. The fourth-order valence-electron chi connectivity index (χ4n) is 3.28. The van der Waals surface area contributed by atoms with Gasteiger partial charge in [0.1, 0.15) is 0 Å². The Kier molecular flexibility index (Phi) is 4.04. The van der Waals surface area contributed by atoms with E-state index < -0.39 is 0 Å². The van der Waals surface area contributed by atoms with Crippen LogP contribution in [0.1, 0.15) is 45.4 Å². The monoisotopic (exact) mass is 210 g/mol. The topological polar surface area (TPSA) is 29.3 Å². The number of hydrogen-bond donors (Lipinski definition) is 1. The highest BCUT2D eigenvalue weighted by molar-refractivity contribution is 4.81. The molecule has 15 heavy (non-hydrogen) atoms. The summed E-state index contributed by atoms with van der Waals surface area (Å²) in [5, 5.41) is 0. The summed E-state index contributed by atoms with van der Waals surface area (Å²) in [5.41, 5.74) is 6.03. The van der Waals surface area contributed by atoms with Crippen LogP contribution in [-0.2, 0) is 0 Å². The number of nitrogens with zero attached hydrogens (tertiary/aromatic N) is 1. The molecule has 2 fully saturated rings. The lowest BCUT2D eigenvalue weighted by atomic mass is 9.86. The lowest BCUT2D eigenvalue weighted by molar-refractivity contribution is 0.216. The number of likely N-dealkylation sites (tertiary alicyclic amines) is 1. The first kappa shape index (κ1) is 11.4. The summed E-state index contributed by atoms with van der Waals surface area (Å²) < 4.78 is 0. The fourth-order valence-corrected chi connectivity index (χ4v) is 3.28. The molecule has 2 N–H and O–H groups in total. The summed E-state index contributed by atoms with van der Waals surface area (Å²) in [6.07, 6.45) is 8.09. The minimum Gasteiger partial charge on any atom is -0.328 e. The molecule has 1 saturated carbocycles. The molecule has 1 heterocycles. The molecule has 2 rings (SSSR count). The van der Waals surface area contributed by atoms with Crippen molar-refractivity contribution in [2.24, 2.45) is 17.6 Å². The summed E-state index contributed by atoms with van der Waals surface area (Å²) in [7, 11) is 0. The van der Waals surface area contributed by atoms with Crippen molar-refractivity contribution in [3.8, 4) is 0 Å². The van der Waals surface area contributed by atoms with Gasteiger partial charge in [-0.25, -0.2) is 0 Å². The standard InChI is InChI=1S/C13H26N2/c1-2-11-6-7-15(9-11)10-12-4-3-5-13(14)8-12/h11-13H,2-10,14H2,1H3. The van der Waals surface area contributed by atoms with Gasteiger partial charge in [-0.05, 0) is 44.1 Å². The highest BCUT2D eigenvalue weighted by Crippen LogP contribution is 2.26. The van der Waals surface area contributed by atoms with Crippen LogP contribution in [0.3, 0.4) is 0 Å². The van der Waals surface area contributed by atoms with Gasteiger partial charge in [-0.15, -0.1) is 0 Å². The summed E-state index contributed by atoms with van der Waals surface area (Å²) in [6.45, 7) is 6.33. The van der Waals surface area contributed by atoms with Crippen LogP contribution in [-0.4, -0.2) is 30.6 Å². The molecular weight excluding hydrogens is 184 g/mol. The van der Waals surface area contributed by atoms with Crippen LogP contribution in [0.25, 0.3) is 0 Å². The third kappa shape index (κ3) is 3.18. The second-order valence-corrected chi connectivity index (χ2v) is 5.62. The first-order valence-corrected chi connectivity index (χ1v) is 6.76. The van der Waals surface area contributed by atoms with Crippen LogP contribution in [0, 0.1) is 11.8 Å². The molecule has 0 aromatic rings. The van der Waals surface area contributed by atoms with E-state index in [1.165, 1.54) is 58.2 Å². The van der Waals surface area contributed by atoms with Gasteiger partial charge in [0.15, 0.2) is 0 Å². The predicted octanol–water partition coefficient (Wildman–Crippen LogP) is 2.24. The average molecular weight is 210 g/mol. The normalized spacial score (nSPS) is 38.4. The van der Waals surface area contributed by atoms with Gasteiger partial charge in [-0.1, -0.05) is 19.8 Å². The van der Waals surface area contributed by atoms with Crippen molar-refractivity contribution < 1.29 is 0 Å². The van der Waals surface area contributed by atoms with Gasteiger partial charge in [-0.2, -0.15) is 0 Å². The van der Waals surface area contributed by atoms with Crippen LogP contribution >= 0.6 is 0 Å². The van der Waals surface area contributed by atoms with Gasteiger partial charge in [-0.3, -0.25) is 0 Å². The molecule has 1 aliphatic carbocycles. The van der Waals surface area contributed by atoms with Gasteiger partial charge < -0.3 is 10.6 Å². The van der Waals surface area contributed by atoms with Crippen molar-refractivity contribution in [1.82, 2.24) is 4.90 Å². The lowest BCUT2D eigenvalue weighted by Crippen LogP contribution is -2.34. The molecule has 0 aromatic carbocycles. The molecule has 0 radical (unpaired) electrons. The van der Waals surface area contributed by atoms with Gasteiger partial charge in [0.25, 0.3) is 0 Å². The fraction of sp³-hybridized carbons (Fsp3) is 1.00. The van der Waals surface area contributed by atoms with E-state index in [1.807, 2.05) is 0 Å². The minimum atomic E-state index is 0.494. The molecule has 0 bridgehead atoms. The largest absolute Gasteiger partial charge is 0.328 e. The van der Waals surface area contributed by atoms with E-state index in [4.69, 9.17) is 5.73 Å². The Morgan fingerprint density at radius 3 is 2.73 bits per heavy atom. The Bertz CT molecular complexity index is 193. The number of hydrogen-bond acceptors (Lipinski definition) is 2. The summed E-state index contributed by atoms with van der Waals surface area (Å²) in [6, 6.07) is 0.494. The van der Waals surface area contributed by atoms with E-state index in [9.17, 15) is 0 Å². The zero-order valence-corrected chi connectivity index (χ0v) is 10.1. The molecule has 0 aromatic heterocycles. The zero-order chi connectivity index (χ0) is 10.7. The van der Waals surface area contributed by atoms with Crippen molar-refractivity contribution >= 4 is 0 Å². The highest BCUT2D eigenvalue weighted by atomic mass is 15.1. The van der Waals surface area contributed by atoms with Crippen LogP contribution in [0.5, 0.6) is 0 Å². The number of rotatable bonds is 3. The van der Waals surface area contributed by atoms with Crippen molar-refractivity contribution in [3.63, 3.8) is 0 Å². The number of nitrogens with two attached hydrogens (primary N) is 1. The quantitative estimate of drug-likeness (QED) is 0.774. The van der Waals surface area contributed by atoms with E-state index >= 15 is 0 Å². The van der Waals surface area contributed by atoms with Crippen molar-refractivity contribution in [2.75, 3.05) is 19.6 Å². The highest BCUT2D eigenvalue weighted by Gasteiger charge is 2.25. The molecule has 0 amide bonds. The van der Waals surface area contributed by atoms with E-state index in [-0.39, 0.29) is 0 Å². The Labute approximate surface area is 94.2 Å². The van der Waals surface area contributed by atoms with Gasteiger partial charge in [0.05, 0.1) is 0 Å². The Morgan fingerprint density at radius 1 is 1.20 bits per heavy atom. The molecule has 1 aliphatic heterocycles. The maximum atomic E-state index is 6.03. The maximum Gasteiger partial charge on any atom is 0.00419 e. The molecular formula is C13H26N2. The van der Waals surface area contributed by atoms with E-state index in [0.717, 1.165) is 11.8 Å². The molecule has 0 spiro atoms. The third-order valence-electron chi connectivity index (χ3n) is 4.29. The van der Waals surface area contributed by atoms with Crippen molar-refractivity contribution in [3.05, 3.63) is 0 Å². The van der Waals surface area contributed by atoms with Crippen LogP contribution in [0.4, 0.5) is 0 Å². The van der Waals surface area contributed by atoms with Crippen molar-refractivity contribution in [2.45, 2.75) is 51.5 Å². The summed E-state index contributed by atoms with van der Waals surface area (Å²) >= 11 is 0. The van der Waals surface area contributed by atoms with Crippen LogP contribution in [0.15, 0.2) is 0 Å². The summed E-state index contributed by atoms with van der Waals surface area (Å²) in [5.74, 6) is 1.87. The van der Waals surface area contributed by atoms with Crippen LogP contribution in [0.2, 0.25) is 0 Å². The second-order valence-electron chi connectivity index (χ2n) is 5.62. The molecule has 2 heteroatoms. The molecule has 88 valence electrons. The van der Waals surface area contributed by atoms with E-state index in [1.54, 1.807) is 0 Å².